The van der Waals surface area contributed by atoms with Gasteiger partial charge in [0.1, 0.15) is 5.78 Å². The van der Waals surface area contributed by atoms with Crippen LogP contribution >= 0.6 is 0 Å². The van der Waals surface area contributed by atoms with Crippen molar-refractivity contribution >= 4 is 16.7 Å². The average Bonchev–Trinajstić information content (AvgIpc) is 2.68. The second-order valence-electron chi connectivity index (χ2n) is 4.25. The Morgan fingerprint density at radius 1 is 1.29 bits per heavy atom. The molecule has 0 aliphatic heterocycles. The summed E-state index contributed by atoms with van der Waals surface area (Å²) in [6.07, 6.45) is 2.01. The number of aryl methyl sites for hydroxylation is 1. The first-order chi connectivity index (χ1) is 8.26. The van der Waals surface area contributed by atoms with Gasteiger partial charge in [-0.05, 0) is 19.4 Å². The van der Waals surface area contributed by atoms with E-state index < -0.39 is 0 Å². The molecule has 0 spiro atoms. The molecule has 1 aromatic heterocycles. The zero-order valence-electron chi connectivity index (χ0n) is 10.4. The third-order valence-corrected chi connectivity index (χ3v) is 2.93. The summed E-state index contributed by atoms with van der Waals surface area (Å²) >= 11 is 0. The number of carbonyl (C=O) groups is 1. The van der Waals surface area contributed by atoms with Crippen LogP contribution in [0.15, 0.2) is 24.3 Å². The van der Waals surface area contributed by atoms with Crippen LogP contribution in [0.25, 0.3) is 10.9 Å². The van der Waals surface area contributed by atoms with Crippen LogP contribution in [0.1, 0.15) is 32.4 Å². The molecule has 0 radical (unpaired) electrons. The fraction of sp³-hybridized carbons (Fsp3) is 0.429. The van der Waals surface area contributed by atoms with Crippen LogP contribution in [0.2, 0.25) is 0 Å². The standard InChI is InChI=1S/C14H18N2O/c1-3-7-11(17)10-13-12-8-5-6-9-14(12)16(4-2)15-13/h5-6,8-9H,3-4,7,10H2,1-2H3. The number of fused-ring (bicyclic) bond motifs is 1. The summed E-state index contributed by atoms with van der Waals surface area (Å²) in [5.74, 6) is 0.277. The smallest absolute Gasteiger partial charge is 0.138 e. The predicted molar refractivity (Wildman–Crippen MR) is 69.0 cm³/mol. The Kier molecular flexibility index (Phi) is 3.57. The maximum atomic E-state index is 11.7. The van der Waals surface area contributed by atoms with Crippen molar-refractivity contribution in [2.75, 3.05) is 0 Å². The first-order valence-corrected chi connectivity index (χ1v) is 6.22. The Balaban J connectivity index is 2.37. The van der Waals surface area contributed by atoms with Gasteiger partial charge in [0.15, 0.2) is 0 Å². The molecule has 3 heteroatoms. The summed E-state index contributed by atoms with van der Waals surface area (Å²) in [6, 6.07) is 8.11. The molecule has 0 amide bonds. The van der Waals surface area contributed by atoms with E-state index in [1.165, 1.54) is 0 Å². The zero-order valence-corrected chi connectivity index (χ0v) is 10.4. The van der Waals surface area contributed by atoms with E-state index >= 15 is 0 Å². The second kappa shape index (κ2) is 5.13. The largest absolute Gasteiger partial charge is 0.299 e. The lowest BCUT2D eigenvalue weighted by Gasteiger charge is -1.96. The van der Waals surface area contributed by atoms with Gasteiger partial charge < -0.3 is 0 Å². The number of rotatable bonds is 5. The molecular weight excluding hydrogens is 212 g/mol. The van der Waals surface area contributed by atoms with Crippen molar-refractivity contribution in [1.29, 1.82) is 0 Å². The van der Waals surface area contributed by atoms with Gasteiger partial charge in [-0.2, -0.15) is 5.10 Å². The maximum Gasteiger partial charge on any atom is 0.138 e. The van der Waals surface area contributed by atoms with Crippen LogP contribution in [0.4, 0.5) is 0 Å². The number of hydrogen-bond donors (Lipinski definition) is 0. The third kappa shape index (κ3) is 2.38. The minimum absolute atomic E-state index is 0.277. The number of ketones is 1. The van der Waals surface area contributed by atoms with Crippen LogP contribution in [0.5, 0.6) is 0 Å². The highest BCUT2D eigenvalue weighted by Crippen LogP contribution is 2.19. The molecule has 2 rings (SSSR count). The molecule has 3 nitrogen and oxygen atoms in total. The van der Waals surface area contributed by atoms with Gasteiger partial charge in [-0.15, -0.1) is 0 Å². The number of Topliss-reactive ketones (excluding diaryl/α,β-unsaturated/α-hetero) is 1. The van der Waals surface area contributed by atoms with Crippen molar-refractivity contribution in [1.82, 2.24) is 9.78 Å². The van der Waals surface area contributed by atoms with E-state index in [-0.39, 0.29) is 5.78 Å². The summed E-state index contributed by atoms with van der Waals surface area (Å²) in [4.78, 5) is 11.7. The van der Waals surface area contributed by atoms with E-state index in [9.17, 15) is 4.79 Å². The quantitative estimate of drug-likeness (QED) is 0.791. The number of para-hydroxylation sites is 1. The second-order valence-corrected chi connectivity index (χ2v) is 4.25. The molecule has 0 aliphatic carbocycles. The van der Waals surface area contributed by atoms with Gasteiger partial charge in [0.2, 0.25) is 0 Å². The highest BCUT2D eigenvalue weighted by atomic mass is 16.1. The summed E-state index contributed by atoms with van der Waals surface area (Å²) in [5.41, 5.74) is 2.04. The van der Waals surface area contributed by atoms with Crippen LogP contribution < -0.4 is 0 Å². The Morgan fingerprint density at radius 3 is 2.76 bits per heavy atom. The Bertz CT molecular complexity index is 528. The Labute approximate surface area is 101 Å². The fourth-order valence-electron chi connectivity index (χ4n) is 2.12. The van der Waals surface area contributed by atoms with E-state index in [1.54, 1.807) is 0 Å². The van der Waals surface area contributed by atoms with Crippen molar-refractivity contribution in [2.45, 2.75) is 39.7 Å². The van der Waals surface area contributed by atoms with Gasteiger partial charge in [0.05, 0.1) is 17.6 Å². The monoisotopic (exact) mass is 230 g/mol. The average molecular weight is 230 g/mol. The van der Waals surface area contributed by atoms with Gasteiger partial charge in [-0.1, -0.05) is 25.1 Å². The van der Waals surface area contributed by atoms with Crippen molar-refractivity contribution in [3.8, 4) is 0 Å². The van der Waals surface area contributed by atoms with Crippen molar-refractivity contribution in [2.24, 2.45) is 0 Å². The summed E-state index contributed by atoms with van der Waals surface area (Å²) < 4.78 is 1.96. The summed E-state index contributed by atoms with van der Waals surface area (Å²) in [5, 5.41) is 5.64. The molecule has 17 heavy (non-hydrogen) atoms. The van der Waals surface area contributed by atoms with Gasteiger partial charge in [0, 0.05) is 18.4 Å². The van der Waals surface area contributed by atoms with E-state index in [1.807, 2.05) is 29.8 Å². The first-order valence-electron chi connectivity index (χ1n) is 6.22. The minimum atomic E-state index is 0.277. The van der Waals surface area contributed by atoms with Crippen molar-refractivity contribution < 1.29 is 4.79 Å². The lowest BCUT2D eigenvalue weighted by Crippen LogP contribution is -2.04. The molecule has 1 aromatic carbocycles. The topological polar surface area (TPSA) is 34.9 Å². The highest BCUT2D eigenvalue weighted by Gasteiger charge is 2.12. The number of nitrogens with zero attached hydrogens (tertiary/aromatic N) is 2. The minimum Gasteiger partial charge on any atom is -0.299 e. The summed E-state index contributed by atoms with van der Waals surface area (Å²) in [6.45, 7) is 4.93. The number of hydrogen-bond acceptors (Lipinski definition) is 2. The molecule has 0 bridgehead atoms. The predicted octanol–water partition coefficient (Wildman–Crippen LogP) is 2.97. The third-order valence-electron chi connectivity index (χ3n) is 2.93. The van der Waals surface area contributed by atoms with Crippen molar-refractivity contribution in [3.63, 3.8) is 0 Å². The molecule has 90 valence electrons. The van der Waals surface area contributed by atoms with Gasteiger partial charge in [0.25, 0.3) is 0 Å². The van der Waals surface area contributed by atoms with E-state index in [4.69, 9.17) is 0 Å². The lowest BCUT2D eigenvalue weighted by molar-refractivity contribution is -0.118. The fourth-order valence-corrected chi connectivity index (χ4v) is 2.12. The van der Waals surface area contributed by atoms with Crippen LogP contribution in [0.3, 0.4) is 0 Å². The Hall–Kier alpha value is -1.64. The normalized spacial score (nSPS) is 10.9. The number of aromatic nitrogens is 2. The Morgan fingerprint density at radius 2 is 2.06 bits per heavy atom. The van der Waals surface area contributed by atoms with Gasteiger partial charge in [-0.3, -0.25) is 9.48 Å². The van der Waals surface area contributed by atoms with Gasteiger partial charge >= 0.3 is 0 Å². The molecule has 2 aromatic rings. The zero-order chi connectivity index (χ0) is 12.3. The maximum absolute atomic E-state index is 11.7. The van der Waals surface area contributed by atoms with Crippen LogP contribution in [0, 0.1) is 0 Å². The highest BCUT2D eigenvalue weighted by molar-refractivity contribution is 5.88. The molecular formula is C14H18N2O. The van der Waals surface area contributed by atoms with Crippen LogP contribution in [-0.2, 0) is 17.8 Å². The lowest BCUT2D eigenvalue weighted by atomic mass is 10.1. The van der Waals surface area contributed by atoms with Gasteiger partial charge in [-0.25, -0.2) is 0 Å². The van der Waals surface area contributed by atoms with Crippen LogP contribution in [-0.4, -0.2) is 15.6 Å². The molecule has 0 aliphatic rings. The molecule has 0 unspecified atom stereocenters. The molecule has 0 saturated carbocycles. The molecule has 0 fully saturated rings. The number of carbonyl (C=O) groups excluding carboxylic acids is 1. The van der Waals surface area contributed by atoms with E-state index in [2.05, 4.69) is 18.1 Å². The van der Waals surface area contributed by atoms with E-state index in [0.717, 1.165) is 29.6 Å². The first kappa shape index (κ1) is 11.8. The summed E-state index contributed by atoms with van der Waals surface area (Å²) in [7, 11) is 0. The SMILES string of the molecule is CCCC(=O)Cc1nn(CC)c2ccccc12. The number of benzene rings is 1. The van der Waals surface area contributed by atoms with E-state index in [0.29, 0.717) is 12.8 Å². The van der Waals surface area contributed by atoms with Crippen molar-refractivity contribution in [3.05, 3.63) is 30.0 Å². The molecule has 0 N–H and O–H groups in total. The molecule has 0 saturated heterocycles. The molecule has 1 heterocycles. The molecule has 0 atom stereocenters.